The van der Waals surface area contributed by atoms with Crippen molar-refractivity contribution in [2.75, 3.05) is 0 Å². The molecule has 1 N–H and O–H groups in total. The zero-order valence-corrected chi connectivity index (χ0v) is 16.4. The van der Waals surface area contributed by atoms with Gasteiger partial charge in [-0.3, -0.25) is 9.78 Å². The van der Waals surface area contributed by atoms with E-state index in [-0.39, 0.29) is 5.91 Å². The Bertz CT molecular complexity index is 993. The summed E-state index contributed by atoms with van der Waals surface area (Å²) >= 11 is 0. The van der Waals surface area contributed by atoms with Crippen LogP contribution in [0.1, 0.15) is 52.9 Å². The lowest BCUT2D eigenvalue weighted by atomic mass is 10.1. The van der Waals surface area contributed by atoms with Crippen LogP contribution in [0.25, 0.3) is 10.9 Å². The largest absolute Gasteiger partial charge is 0.474 e. The molecule has 1 saturated carbocycles. The lowest BCUT2D eigenvalue weighted by Gasteiger charge is -2.12. The molecule has 1 amide bonds. The number of ether oxygens (including phenoxy) is 1. The van der Waals surface area contributed by atoms with Gasteiger partial charge < -0.3 is 10.1 Å². The molecule has 5 heteroatoms. The third-order valence-corrected chi connectivity index (χ3v) is 5.25. The average Bonchev–Trinajstić information content (AvgIpc) is 3.20. The van der Waals surface area contributed by atoms with Gasteiger partial charge in [-0.2, -0.15) is 0 Å². The first kappa shape index (κ1) is 18.4. The van der Waals surface area contributed by atoms with E-state index >= 15 is 0 Å². The highest BCUT2D eigenvalue weighted by molar-refractivity contribution is 5.98. The number of pyridine rings is 2. The zero-order valence-electron chi connectivity index (χ0n) is 16.4. The maximum atomic E-state index is 12.7. The Hall–Kier alpha value is -2.95. The van der Waals surface area contributed by atoms with E-state index in [0.717, 1.165) is 40.6 Å². The van der Waals surface area contributed by atoms with Crippen LogP contribution in [0.15, 0.2) is 42.6 Å². The standard InChI is InChI=1S/C23H25N3O2/c1-15-7-9-21-18(11-15)12-20(16(2)26-21)23(27)25-14-17-8-10-22(24-13-17)28-19-5-3-4-6-19/h7-13,19H,3-6,14H2,1-2H3,(H,25,27). The number of carbonyl (C=O) groups excluding carboxylic acids is 1. The minimum Gasteiger partial charge on any atom is -0.474 e. The molecule has 144 valence electrons. The van der Waals surface area contributed by atoms with Crippen LogP contribution < -0.4 is 10.1 Å². The smallest absolute Gasteiger partial charge is 0.253 e. The highest BCUT2D eigenvalue weighted by Gasteiger charge is 2.17. The number of rotatable bonds is 5. The zero-order chi connectivity index (χ0) is 19.5. The minimum atomic E-state index is -0.125. The summed E-state index contributed by atoms with van der Waals surface area (Å²) < 4.78 is 5.88. The van der Waals surface area contributed by atoms with Gasteiger partial charge in [-0.1, -0.05) is 17.7 Å². The van der Waals surface area contributed by atoms with Crippen LogP contribution in [0.2, 0.25) is 0 Å². The van der Waals surface area contributed by atoms with Crippen LogP contribution in [0.4, 0.5) is 0 Å². The Labute approximate surface area is 165 Å². The number of benzene rings is 1. The van der Waals surface area contributed by atoms with Crippen LogP contribution >= 0.6 is 0 Å². The summed E-state index contributed by atoms with van der Waals surface area (Å²) in [7, 11) is 0. The van der Waals surface area contributed by atoms with Crippen molar-refractivity contribution >= 4 is 16.8 Å². The first-order valence-electron chi connectivity index (χ1n) is 9.86. The van der Waals surface area contributed by atoms with Crippen LogP contribution in [-0.4, -0.2) is 22.0 Å². The lowest BCUT2D eigenvalue weighted by Crippen LogP contribution is -2.24. The maximum Gasteiger partial charge on any atom is 0.253 e. The normalized spacial score (nSPS) is 14.4. The van der Waals surface area contributed by atoms with Gasteiger partial charge in [0.1, 0.15) is 6.10 Å². The van der Waals surface area contributed by atoms with Crippen molar-refractivity contribution in [1.82, 2.24) is 15.3 Å². The van der Waals surface area contributed by atoms with Gasteiger partial charge in [-0.25, -0.2) is 4.98 Å². The van der Waals surface area contributed by atoms with Crippen molar-refractivity contribution in [3.8, 4) is 5.88 Å². The molecule has 1 fully saturated rings. The molecule has 0 atom stereocenters. The van der Waals surface area contributed by atoms with E-state index in [2.05, 4.69) is 15.3 Å². The van der Waals surface area contributed by atoms with E-state index in [1.165, 1.54) is 12.8 Å². The summed E-state index contributed by atoms with van der Waals surface area (Å²) in [6.45, 7) is 4.32. The van der Waals surface area contributed by atoms with E-state index < -0.39 is 0 Å². The number of aromatic nitrogens is 2. The number of amides is 1. The number of carbonyl (C=O) groups is 1. The topological polar surface area (TPSA) is 64.1 Å². The number of nitrogens with zero attached hydrogens (tertiary/aromatic N) is 2. The van der Waals surface area contributed by atoms with Crippen LogP contribution in [-0.2, 0) is 6.54 Å². The predicted molar refractivity (Wildman–Crippen MR) is 110 cm³/mol. The second-order valence-electron chi connectivity index (χ2n) is 7.53. The van der Waals surface area contributed by atoms with E-state index in [4.69, 9.17) is 4.74 Å². The Morgan fingerprint density at radius 2 is 1.96 bits per heavy atom. The van der Waals surface area contributed by atoms with Gasteiger partial charge in [-0.15, -0.1) is 0 Å². The fraction of sp³-hybridized carbons (Fsp3) is 0.348. The lowest BCUT2D eigenvalue weighted by molar-refractivity contribution is 0.0950. The summed E-state index contributed by atoms with van der Waals surface area (Å²) in [5, 5.41) is 3.95. The van der Waals surface area contributed by atoms with Gasteiger partial charge in [-0.05, 0) is 63.3 Å². The summed E-state index contributed by atoms with van der Waals surface area (Å²) in [6, 6.07) is 11.8. The monoisotopic (exact) mass is 375 g/mol. The number of fused-ring (bicyclic) bond motifs is 1. The fourth-order valence-corrected chi connectivity index (χ4v) is 3.66. The highest BCUT2D eigenvalue weighted by Crippen LogP contribution is 2.23. The SMILES string of the molecule is Cc1ccc2nc(C)c(C(=O)NCc3ccc(OC4CCCC4)nc3)cc2c1. The van der Waals surface area contributed by atoms with E-state index in [0.29, 0.717) is 24.1 Å². The third kappa shape index (κ3) is 4.14. The third-order valence-electron chi connectivity index (χ3n) is 5.25. The molecule has 2 aromatic heterocycles. The molecule has 2 heterocycles. The molecule has 3 aromatic rings. The van der Waals surface area contributed by atoms with Crippen molar-refractivity contribution < 1.29 is 9.53 Å². The molecule has 0 unspecified atom stereocenters. The molecule has 28 heavy (non-hydrogen) atoms. The average molecular weight is 375 g/mol. The summed E-state index contributed by atoms with van der Waals surface area (Å²) in [5.41, 5.74) is 4.33. The molecule has 0 spiro atoms. The molecule has 5 nitrogen and oxygen atoms in total. The predicted octanol–water partition coefficient (Wildman–Crippen LogP) is 4.50. The number of aryl methyl sites for hydroxylation is 2. The van der Waals surface area contributed by atoms with Gasteiger partial charge in [0.15, 0.2) is 0 Å². The Balaban J connectivity index is 1.41. The quantitative estimate of drug-likeness (QED) is 0.713. The van der Waals surface area contributed by atoms with Crippen molar-refractivity contribution in [2.45, 2.75) is 52.2 Å². The number of hydrogen-bond acceptors (Lipinski definition) is 4. The molecule has 0 saturated heterocycles. The molecule has 0 bridgehead atoms. The van der Waals surface area contributed by atoms with Gasteiger partial charge in [0.2, 0.25) is 5.88 Å². The molecular weight excluding hydrogens is 350 g/mol. The molecule has 4 rings (SSSR count). The second kappa shape index (κ2) is 7.97. The van der Waals surface area contributed by atoms with Gasteiger partial charge in [0.25, 0.3) is 5.91 Å². The molecule has 1 aliphatic rings. The second-order valence-corrected chi connectivity index (χ2v) is 7.53. The van der Waals surface area contributed by atoms with Crippen molar-refractivity contribution in [3.05, 3.63) is 65.0 Å². The highest BCUT2D eigenvalue weighted by atomic mass is 16.5. The van der Waals surface area contributed by atoms with Gasteiger partial charge in [0.05, 0.1) is 16.8 Å². The first-order valence-corrected chi connectivity index (χ1v) is 9.86. The Kier molecular flexibility index (Phi) is 5.24. The van der Waals surface area contributed by atoms with Crippen molar-refractivity contribution in [1.29, 1.82) is 0 Å². The van der Waals surface area contributed by atoms with Gasteiger partial charge >= 0.3 is 0 Å². The fourth-order valence-electron chi connectivity index (χ4n) is 3.66. The van der Waals surface area contributed by atoms with Gasteiger partial charge in [0, 0.05) is 24.2 Å². The molecular formula is C23H25N3O2. The van der Waals surface area contributed by atoms with Crippen LogP contribution in [0.3, 0.4) is 0 Å². The number of hydrogen-bond donors (Lipinski definition) is 1. The first-order chi connectivity index (χ1) is 13.6. The Morgan fingerprint density at radius 3 is 2.71 bits per heavy atom. The van der Waals surface area contributed by atoms with Crippen molar-refractivity contribution in [3.63, 3.8) is 0 Å². The maximum absolute atomic E-state index is 12.7. The molecule has 1 aliphatic carbocycles. The van der Waals surface area contributed by atoms with E-state index in [1.54, 1.807) is 6.20 Å². The van der Waals surface area contributed by atoms with Crippen molar-refractivity contribution in [2.24, 2.45) is 0 Å². The minimum absolute atomic E-state index is 0.125. The molecule has 0 radical (unpaired) electrons. The summed E-state index contributed by atoms with van der Waals surface area (Å²) in [4.78, 5) is 21.6. The van der Waals surface area contributed by atoms with E-state index in [1.807, 2.05) is 50.2 Å². The summed E-state index contributed by atoms with van der Waals surface area (Å²) in [6.07, 6.45) is 6.75. The molecule has 0 aliphatic heterocycles. The number of nitrogens with one attached hydrogen (secondary N) is 1. The van der Waals surface area contributed by atoms with Crippen LogP contribution in [0.5, 0.6) is 5.88 Å². The van der Waals surface area contributed by atoms with E-state index in [9.17, 15) is 4.79 Å². The Morgan fingerprint density at radius 1 is 1.14 bits per heavy atom. The molecule has 1 aromatic carbocycles. The van der Waals surface area contributed by atoms with Crippen LogP contribution in [0, 0.1) is 13.8 Å². The summed E-state index contributed by atoms with van der Waals surface area (Å²) in [5.74, 6) is 0.534.